The number of ether oxygens (including phenoxy) is 1. The highest BCUT2D eigenvalue weighted by molar-refractivity contribution is 5.80. The first-order chi connectivity index (χ1) is 7.99. The van der Waals surface area contributed by atoms with Gasteiger partial charge in [-0.05, 0) is 24.6 Å². The monoisotopic (exact) mass is 244 g/mol. The van der Waals surface area contributed by atoms with E-state index in [2.05, 4.69) is 10.1 Å². The summed E-state index contributed by atoms with van der Waals surface area (Å²) in [7, 11) is 0. The molecular weight excluding hydrogens is 230 g/mol. The Morgan fingerprint density at radius 2 is 2.00 bits per heavy atom. The number of carbonyl (C=O) groups excluding carboxylic acids is 1. The molecule has 17 heavy (non-hydrogen) atoms. The molecule has 0 aliphatic carbocycles. The third-order valence-electron chi connectivity index (χ3n) is 2.03. The molecule has 4 nitrogen and oxygen atoms in total. The number of alkyl halides is 2. The third-order valence-corrected chi connectivity index (χ3v) is 2.03. The molecule has 6 heteroatoms. The normalized spacial score (nSPS) is 12.3. The molecule has 0 aromatic heterocycles. The molecule has 1 rings (SSSR count). The second kappa shape index (κ2) is 6.15. The zero-order valence-electron chi connectivity index (χ0n) is 9.32. The van der Waals surface area contributed by atoms with Gasteiger partial charge < -0.3 is 15.8 Å². The maximum Gasteiger partial charge on any atom is 0.387 e. The Morgan fingerprint density at radius 1 is 1.41 bits per heavy atom. The Labute approximate surface area is 97.8 Å². The lowest BCUT2D eigenvalue weighted by Gasteiger charge is -2.08. The average Bonchev–Trinajstić information content (AvgIpc) is 2.26. The molecular formula is C11H14F2N2O2. The lowest BCUT2D eigenvalue weighted by Crippen LogP contribution is -2.37. The van der Waals surface area contributed by atoms with E-state index in [0.717, 1.165) is 5.56 Å². The van der Waals surface area contributed by atoms with E-state index >= 15 is 0 Å². The van der Waals surface area contributed by atoms with Crippen molar-refractivity contribution in [2.45, 2.75) is 26.1 Å². The molecule has 0 saturated heterocycles. The predicted molar refractivity (Wildman–Crippen MR) is 58.6 cm³/mol. The number of hydrogen-bond donors (Lipinski definition) is 2. The molecule has 1 aromatic carbocycles. The van der Waals surface area contributed by atoms with Gasteiger partial charge in [0, 0.05) is 6.54 Å². The van der Waals surface area contributed by atoms with Crippen LogP contribution in [-0.4, -0.2) is 18.6 Å². The van der Waals surface area contributed by atoms with Gasteiger partial charge in [-0.2, -0.15) is 8.78 Å². The molecule has 94 valence electrons. The fourth-order valence-electron chi connectivity index (χ4n) is 1.14. The first kappa shape index (κ1) is 13.4. The molecule has 0 fully saturated rings. The fourth-order valence-corrected chi connectivity index (χ4v) is 1.14. The van der Waals surface area contributed by atoms with Gasteiger partial charge in [-0.3, -0.25) is 4.79 Å². The molecule has 0 heterocycles. The first-order valence-electron chi connectivity index (χ1n) is 5.06. The highest BCUT2D eigenvalue weighted by atomic mass is 19.3. The van der Waals surface area contributed by atoms with Crippen molar-refractivity contribution in [3.8, 4) is 5.75 Å². The van der Waals surface area contributed by atoms with E-state index in [0.29, 0.717) is 6.54 Å². The van der Waals surface area contributed by atoms with Crippen LogP contribution in [0.2, 0.25) is 0 Å². The second-order valence-corrected chi connectivity index (χ2v) is 3.53. The molecule has 0 aliphatic heterocycles. The van der Waals surface area contributed by atoms with Crippen molar-refractivity contribution >= 4 is 5.91 Å². The Bertz CT molecular complexity index is 366. The van der Waals surface area contributed by atoms with Crippen LogP contribution in [0.15, 0.2) is 24.3 Å². The summed E-state index contributed by atoms with van der Waals surface area (Å²) in [6.07, 6.45) is 0. The van der Waals surface area contributed by atoms with Gasteiger partial charge in [0.25, 0.3) is 0 Å². The van der Waals surface area contributed by atoms with E-state index in [1.54, 1.807) is 19.1 Å². The number of carbonyl (C=O) groups is 1. The minimum Gasteiger partial charge on any atom is -0.435 e. The summed E-state index contributed by atoms with van der Waals surface area (Å²) in [5, 5.41) is 2.61. The Hall–Kier alpha value is -1.69. The van der Waals surface area contributed by atoms with E-state index in [4.69, 9.17) is 5.73 Å². The number of hydrogen-bond acceptors (Lipinski definition) is 3. The van der Waals surface area contributed by atoms with Crippen LogP contribution in [0.4, 0.5) is 8.78 Å². The number of halogens is 2. The topological polar surface area (TPSA) is 64.4 Å². The van der Waals surface area contributed by atoms with Crippen LogP contribution in [0, 0.1) is 0 Å². The van der Waals surface area contributed by atoms with Crippen LogP contribution in [-0.2, 0) is 11.3 Å². The quantitative estimate of drug-likeness (QED) is 0.819. The molecule has 0 bridgehead atoms. The van der Waals surface area contributed by atoms with Gasteiger partial charge in [0.1, 0.15) is 5.75 Å². The largest absolute Gasteiger partial charge is 0.435 e. The lowest BCUT2D eigenvalue weighted by atomic mass is 10.2. The maximum absolute atomic E-state index is 11.9. The van der Waals surface area contributed by atoms with Crippen molar-refractivity contribution in [3.05, 3.63) is 29.8 Å². The first-order valence-corrected chi connectivity index (χ1v) is 5.06. The average molecular weight is 244 g/mol. The summed E-state index contributed by atoms with van der Waals surface area (Å²) in [5.41, 5.74) is 6.14. The number of rotatable bonds is 5. The van der Waals surface area contributed by atoms with Gasteiger partial charge in [0.15, 0.2) is 0 Å². The molecule has 1 amide bonds. The summed E-state index contributed by atoms with van der Waals surface area (Å²) in [5.74, 6) is -0.180. The highest BCUT2D eigenvalue weighted by Gasteiger charge is 2.07. The summed E-state index contributed by atoms with van der Waals surface area (Å²) in [6.45, 7) is -0.955. The zero-order valence-corrected chi connectivity index (χ0v) is 9.32. The summed E-state index contributed by atoms with van der Waals surface area (Å²) in [4.78, 5) is 11.2. The van der Waals surface area contributed by atoms with Gasteiger partial charge in [-0.25, -0.2) is 0 Å². The van der Waals surface area contributed by atoms with E-state index in [1.807, 2.05) is 0 Å². The molecule has 3 N–H and O–H groups in total. The SMILES string of the molecule is C[C@@H](N)C(=O)NCc1ccc(OC(F)F)cc1. The summed E-state index contributed by atoms with van der Waals surface area (Å²) >= 11 is 0. The van der Waals surface area contributed by atoms with Crippen molar-refractivity contribution in [2.24, 2.45) is 5.73 Å². The lowest BCUT2D eigenvalue weighted by molar-refractivity contribution is -0.122. The molecule has 0 radical (unpaired) electrons. The van der Waals surface area contributed by atoms with Crippen LogP contribution in [0.25, 0.3) is 0 Å². The van der Waals surface area contributed by atoms with Gasteiger partial charge in [0.2, 0.25) is 5.91 Å². The smallest absolute Gasteiger partial charge is 0.387 e. The Kier molecular flexibility index (Phi) is 4.84. The van der Waals surface area contributed by atoms with E-state index in [1.165, 1.54) is 12.1 Å². The van der Waals surface area contributed by atoms with Crippen molar-refractivity contribution in [3.63, 3.8) is 0 Å². The van der Waals surface area contributed by atoms with Gasteiger partial charge in [-0.15, -0.1) is 0 Å². The van der Waals surface area contributed by atoms with Gasteiger partial charge in [-0.1, -0.05) is 12.1 Å². The van der Waals surface area contributed by atoms with Crippen molar-refractivity contribution in [2.75, 3.05) is 0 Å². The number of benzene rings is 1. The minimum atomic E-state index is -2.83. The predicted octanol–water partition coefficient (Wildman–Crippen LogP) is 1.25. The second-order valence-electron chi connectivity index (χ2n) is 3.53. The van der Waals surface area contributed by atoms with Crippen LogP contribution >= 0.6 is 0 Å². The molecule has 0 spiro atoms. The molecule has 0 aliphatic rings. The molecule has 1 atom stereocenters. The zero-order chi connectivity index (χ0) is 12.8. The fraction of sp³-hybridized carbons (Fsp3) is 0.364. The van der Waals surface area contributed by atoms with Gasteiger partial charge >= 0.3 is 6.61 Å². The standard InChI is InChI=1S/C11H14F2N2O2/c1-7(14)10(16)15-6-8-2-4-9(5-3-8)17-11(12)13/h2-5,7,11H,6,14H2,1H3,(H,15,16)/t7-/m1/s1. The van der Waals surface area contributed by atoms with Crippen LogP contribution in [0.1, 0.15) is 12.5 Å². The van der Waals surface area contributed by atoms with E-state index in [9.17, 15) is 13.6 Å². The number of nitrogens with two attached hydrogens (primary N) is 1. The summed E-state index contributed by atoms with van der Waals surface area (Å²) in [6, 6.07) is 5.45. The van der Waals surface area contributed by atoms with E-state index < -0.39 is 12.7 Å². The molecule has 1 aromatic rings. The minimum absolute atomic E-state index is 0.0854. The highest BCUT2D eigenvalue weighted by Crippen LogP contribution is 2.14. The number of nitrogens with one attached hydrogen (secondary N) is 1. The Balaban J connectivity index is 2.48. The van der Waals surface area contributed by atoms with Crippen LogP contribution in [0.3, 0.4) is 0 Å². The maximum atomic E-state index is 11.9. The van der Waals surface area contributed by atoms with E-state index in [-0.39, 0.29) is 11.7 Å². The molecule has 0 saturated carbocycles. The van der Waals surface area contributed by atoms with Gasteiger partial charge in [0.05, 0.1) is 6.04 Å². The van der Waals surface area contributed by atoms with Crippen molar-refractivity contribution in [1.82, 2.24) is 5.32 Å². The molecule has 0 unspecified atom stereocenters. The van der Waals surface area contributed by atoms with Crippen molar-refractivity contribution in [1.29, 1.82) is 0 Å². The van der Waals surface area contributed by atoms with Crippen molar-refractivity contribution < 1.29 is 18.3 Å². The number of amides is 1. The van der Waals surface area contributed by atoms with Crippen LogP contribution in [0.5, 0.6) is 5.75 Å². The Morgan fingerprint density at radius 3 is 2.47 bits per heavy atom. The third kappa shape index (κ3) is 4.78. The summed E-state index contributed by atoms with van der Waals surface area (Å²) < 4.78 is 27.9. The van der Waals surface area contributed by atoms with Crippen LogP contribution < -0.4 is 15.8 Å².